The van der Waals surface area contributed by atoms with E-state index in [4.69, 9.17) is 0 Å². The molecular formula is C8H8F3NO. The Balaban J connectivity index is 2.96. The fourth-order valence-corrected chi connectivity index (χ4v) is 0.959. The molecule has 0 aliphatic rings. The first kappa shape index (κ1) is 10.0. The molecule has 72 valence electrons. The molecule has 13 heavy (non-hydrogen) atoms. The summed E-state index contributed by atoms with van der Waals surface area (Å²) in [6, 6.07) is 1.60. The number of hydrogen-bond acceptors (Lipinski definition) is 2. The first-order valence-corrected chi connectivity index (χ1v) is 3.61. The molecule has 0 saturated heterocycles. The molecule has 0 heterocycles. The van der Waals surface area contributed by atoms with Gasteiger partial charge in [0.2, 0.25) is 0 Å². The smallest absolute Gasteiger partial charge is 0.165 e. The highest BCUT2D eigenvalue weighted by molar-refractivity contribution is 5.21. The Kier molecular flexibility index (Phi) is 3.27. The molecule has 0 radical (unpaired) electrons. The lowest BCUT2D eigenvalue weighted by Crippen LogP contribution is -2.07. The van der Waals surface area contributed by atoms with Crippen LogP contribution in [0.1, 0.15) is 5.56 Å². The summed E-state index contributed by atoms with van der Waals surface area (Å²) in [4.78, 5) is 4.14. The van der Waals surface area contributed by atoms with Crippen LogP contribution in [-0.4, -0.2) is 6.61 Å². The van der Waals surface area contributed by atoms with Gasteiger partial charge in [-0.1, -0.05) is 0 Å². The van der Waals surface area contributed by atoms with E-state index in [0.29, 0.717) is 0 Å². The molecule has 0 aliphatic heterocycles. The van der Waals surface area contributed by atoms with Crippen LogP contribution in [0, 0.1) is 17.5 Å². The molecule has 0 atom stereocenters. The van der Waals surface area contributed by atoms with Crippen molar-refractivity contribution in [3.8, 4) is 0 Å². The van der Waals surface area contributed by atoms with E-state index in [1.54, 1.807) is 0 Å². The van der Waals surface area contributed by atoms with E-state index >= 15 is 0 Å². The highest BCUT2D eigenvalue weighted by atomic mass is 19.2. The predicted molar refractivity (Wildman–Crippen MR) is 40.2 cm³/mol. The molecule has 0 aromatic heterocycles. The lowest BCUT2D eigenvalue weighted by molar-refractivity contribution is 0.139. The van der Waals surface area contributed by atoms with Gasteiger partial charge in [0.15, 0.2) is 11.6 Å². The van der Waals surface area contributed by atoms with Gasteiger partial charge in [-0.05, 0) is 12.1 Å². The van der Waals surface area contributed by atoms with Crippen LogP contribution in [-0.2, 0) is 11.3 Å². The molecule has 0 unspecified atom stereocenters. The molecule has 1 aromatic rings. The van der Waals surface area contributed by atoms with E-state index in [2.05, 4.69) is 10.7 Å². The average molecular weight is 191 g/mol. The summed E-state index contributed by atoms with van der Waals surface area (Å²) in [6.45, 7) is -0.0582. The number of nitrogens with two attached hydrogens (primary N) is 1. The molecule has 0 aliphatic carbocycles. The van der Waals surface area contributed by atoms with Crippen LogP contribution in [0.25, 0.3) is 0 Å². The normalized spacial score (nSPS) is 10.5. The van der Waals surface area contributed by atoms with Crippen LogP contribution >= 0.6 is 0 Å². The number of rotatable bonds is 3. The highest BCUT2D eigenvalue weighted by Gasteiger charge is 2.12. The van der Waals surface area contributed by atoms with Crippen LogP contribution in [0.5, 0.6) is 0 Å². The van der Waals surface area contributed by atoms with E-state index < -0.39 is 17.5 Å². The van der Waals surface area contributed by atoms with E-state index in [0.717, 1.165) is 12.1 Å². The van der Waals surface area contributed by atoms with Crippen molar-refractivity contribution in [3.63, 3.8) is 0 Å². The maximum Gasteiger partial charge on any atom is 0.165 e. The van der Waals surface area contributed by atoms with Gasteiger partial charge in [0.05, 0.1) is 6.61 Å². The zero-order valence-electron chi connectivity index (χ0n) is 6.69. The number of halogens is 3. The molecule has 0 fully saturated rings. The topological polar surface area (TPSA) is 35.2 Å². The van der Waals surface area contributed by atoms with Crippen LogP contribution < -0.4 is 5.90 Å². The third kappa shape index (κ3) is 2.19. The Hall–Kier alpha value is -1.07. The van der Waals surface area contributed by atoms with Gasteiger partial charge >= 0.3 is 0 Å². The maximum absolute atomic E-state index is 12.9. The van der Waals surface area contributed by atoms with Gasteiger partial charge in [-0.3, -0.25) is 0 Å². The Morgan fingerprint density at radius 3 is 2.38 bits per heavy atom. The summed E-state index contributed by atoms with van der Waals surface area (Å²) in [5.41, 5.74) is -0.342. The monoisotopic (exact) mass is 191 g/mol. The summed E-state index contributed by atoms with van der Waals surface area (Å²) in [7, 11) is 0. The van der Waals surface area contributed by atoms with Crippen LogP contribution in [0.3, 0.4) is 0 Å². The van der Waals surface area contributed by atoms with Gasteiger partial charge in [-0.15, -0.1) is 0 Å². The zero-order valence-corrected chi connectivity index (χ0v) is 6.69. The minimum atomic E-state index is -1.18. The Labute approximate surface area is 73.1 Å². The first-order chi connectivity index (χ1) is 6.16. The molecule has 1 aromatic carbocycles. The Morgan fingerprint density at radius 1 is 1.15 bits per heavy atom. The third-order valence-corrected chi connectivity index (χ3v) is 1.61. The highest BCUT2D eigenvalue weighted by Crippen LogP contribution is 2.15. The van der Waals surface area contributed by atoms with Crippen molar-refractivity contribution >= 4 is 0 Å². The van der Waals surface area contributed by atoms with Gasteiger partial charge in [0.25, 0.3) is 0 Å². The summed E-state index contributed by atoms with van der Waals surface area (Å²) < 4.78 is 38.3. The van der Waals surface area contributed by atoms with Crippen molar-refractivity contribution in [1.29, 1.82) is 0 Å². The molecule has 2 N–H and O–H groups in total. The van der Waals surface area contributed by atoms with E-state index in [1.165, 1.54) is 0 Å². The number of hydrogen-bond donors (Lipinski definition) is 1. The third-order valence-electron chi connectivity index (χ3n) is 1.61. The molecular weight excluding hydrogens is 183 g/mol. The van der Waals surface area contributed by atoms with Crippen molar-refractivity contribution < 1.29 is 18.0 Å². The fraction of sp³-hybridized carbons (Fsp3) is 0.250. The van der Waals surface area contributed by atoms with E-state index in [1.807, 2.05) is 0 Å². The van der Waals surface area contributed by atoms with Crippen molar-refractivity contribution in [1.82, 2.24) is 0 Å². The zero-order chi connectivity index (χ0) is 9.84. The largest absolute Gasteiger partial charge is 0.304 e. The molecule has 2 nitrogen and oxygen atoms in total. The minimum absolute atomic E-state index is 0.0582. The van der Waals surface area contributed by atoms with Crippen molar-refractivity contribution in [2.75, 3.05) is 6.61 Å². The molecule has 5 heteroatoms. The standard InChI is InChI=1S/C8H8F3NO/c9-6-1-2-7(10)8(11)5(6)3-4-13-12/h1-2H,3-4,12H2. The second kappa shape index (κ2) is 4.25. The van der Waals surface area contributed by atoms with Crippen LogP contribution in [0.2, 0.25) is 0 Å². The average Bonchev–Trinajstić information content (AvgIpc) is 2.12. The quantitative estimate of drug-likeness (QED) is 0.581. The van der Waals surface area contributed by atoms with E-state index in [-0.39, 0.29) is 18.6 Å². The predicted octanol–water partition coefficient (Wildman–Crippen LogP) is 1.54. The first-order valence-electron chi connectivity index (χ1n) is 3.61. The Morgan fingerprint density at radius 2 is 1.77 bits per heavy atom. The minimum Gasteiger partial charge on any atom is -0.304 e. The van der Waals surface area contributed by atoms with Gasteiger partial charge in [0, 0.05) is 12.0 Å². The maximum atomic E-state index is 12.9. The molecule has 1 rings (SSSR count). The van der Waals surface area contributed by atoms with Crippen LogP contribution in [0.4, 0.5) is 13.2 Å². The second-order valence-corrected chi connectivity index (χ2v) is 2.44. The molecule has 0 spiro atoms. The molecule has 0 amide bonds. The summed E-state index contributed by atoms with van der Waals surface area (Å²) in [5, 5.41) is 0. The summed E-state index contributed by atoms with van der Waals surface area (Å²) in [6.07, 6.45) is -0.0913. The lowest BCUT2D eigenvalue weighted by Gasteiger charge is -2.03. The summed E-state index contributed by atoms with van der Waals surface area (Å²) in [5.74, 6) is 1.62. The molecule has 0 bridgehead atoms. The SMILES string of the molecule is NOCCc1c(F)ccc(F)c1F. The fourth-order valence-electron chi connectivity index (χ4n) is 0.959. The summed E-state index contributed by atoms with van der Waals surface area (Å²) >= 11 is 0. The van der Waals surface area contributed by atoms with Crippen molar-refractivity contribution in [3.05, 3.63) is 35.1 Å². The Bertz CT molecular complexity index is 304. The van der Waals surface area contributed by atoms with Gasteiger partial charge < -0.3 is 4.84 Å². The van der Waals surface area contributed by atoms with Crippen molar-refractivity contribution in [2.45, 2.75) is 6.42 Å². The van der Waals surface area contributed by atoms with Crippen LogP contribution in [0.15, 0.2) is 12.1 Å². The lowest BCUT2D eigenvalue weighted by atomic mass is 10.1. The van der Waals surface area contributed by atoms with Gasteiger partial charge in [-0.25, -0.2) is 19.1 Å². The van der Waals surface area contributed by atoms with Gasteiger partial charge in [0.1, 0.15) is 5.82 Å². The number of benzene rings is 1. The van der Waals surface area contributed by atoms with Crippen molar-refractivity contribution in [2.24, 2.45) is 5.90 Å². The van der Waals surface area contributed by atoms with E-state index in [9.17, 15) is 13.2 Å². The molecule has 0 saturated carbocycles. The van der Waals surface area contributed by atoms with Gasteiger partial charge in [-0.2, -0.15) is 0 Å². The second-order valence-electron chi connectivity index (χ2n) is 2.44.